The van der Waals surface area contributed by atoms with Gasteiger partial charge in [0.2, 0.25) is 0 Å². The fourth-order valence-corrected chi connectivity index (χ4v) is 5.53. The molecule has 0 heterocycles. The Morgan fingerprint density at radius 2 is 1.28 bits per heavy atom. The molecule has 0 saturated carbocycles. The predicted octanol–water partition coefficient (Wildman–Crippen LogP) is 5.41. The molecule has 1 rings (SSSR count). The summed E-state index contributed by atoms with van der Waals surface area (Å²) in [4.78, 5) is 0. The van der Waals surface area contributed by atoms with Crippen molar-refractivity contribution in [2.24, 2.45) is 0 Å². The van der Waals surface area contributed by atoms with Gasteiger partial charge in [-0.25, -0.2) is 0 Å². The molecule has 0 fully saturated rings. The van der Waals surface area contributed by atoms with Crippen LogP contribution >= 0.6 is 0 Å². The van der Waals surface area contributed by atoms with Crippen molar-refractivity contribution in [2.45, 2.75) is 55.9 Å². The molecule has 0 aliphatic carbocycles. The van der Waals surface area contributed by atoms with Gasteiger partial charge in [-0.3, -0.25) is 0 Å². The summed E-state index contributed by atoms with van der Waals surface area (Å²) in [6.45, 7) is 6.97. The summed E-state index contributed by atoms with van der Waals surface area (Å²) in [6, 6.07) is 9.68. The maximum Gasteiger partial charge on any atom is 0.261 e. The van der Waals surface area contributed by atoms with Crippen LogP contribution in [0.25, 0.3) is 0 Å². The summed E-state index contributed by atoms with van der Waals surface area (Å²) in [5.74, 6) is 0.910. The molecule has 0 amide bonds. The Labute approximate surface area is 118 Å². The highest BCUT2D eigenvalue weighted by molar-refractivity contribution is 6.58. The maximum atomic E-state index is 4.91. The molecule has 102 valence electrons. The Kier molecular flexibility index (Phi) is 12.7. The largest absolute Gasteiger partial charge is 0.497 e. The van der Waals surface area contributed by atoms with Crippen molar-refractivity contribution in [1.29, 1.82) is 0 Å². The summed E-state index contributed by atoms with van der Waals surface area (Å²) in [6.07, 6.45) is 4.28. The van der Waals surface area contributed by atoms with Crippen LogP contribution in [-0.2, 0) is 0 Å². The van der Waals surface area contributed by atoms with E-state index in [0.717, 1.165) is 5.75 Å². The molecular formula is C16H29AlO. The van der Waals surface area contributed by atoms with E-state index in [1.54, 1.807) is 23.0 Å². The van der Waals surface area contributed by atoms with E-state index in [0.29, 0.717) is 0 Å². The monoisotopic (exact) mass is 264 g/mol. The number of rotatable bonds is 7. The average molecular weight is 264 g/mol. The maximum absolute atomic E-state index is 4.91. The third-order valence-corrected chi connectivity index (χ3v) is 7.25. The van der Waals surface area contributed by atoms with Crippen LogP contribution in [0.3, 0.4) is 0 Å². The van der Waals surface area contributed by atoms with E-state index in [9.17, 15) is 0 Å². The number of para-hydroxylation sites is 1. The van der Waals surface area contributed by atoms with Crippen LogP contribution in [-0.4, -0.2) is 21.3 Å². The van der Waals surface area contributed by atoms with Gasteiger partial charge in [0, 0.05) is 0 Å². The Morgan fingerprint density at radius 3 is 1.56 bits per heavy atom. The molecule has 0 radical (unpaired) electrons. The smallest absolute Gasteiger partial charge is 0.261 e. The van der Waals surface area contributed by atoms with Crippen molar-refractivity contribution >= 4 is 14.1 Å². The van der Waals surface area contributed by atoms with Crippen LogP contribution < -0.4 is 4.74 Å². The lowest BCUT2D eigenvalue weighted by Crippen LogP contribution is -2.09. The molecule has 2 heteroatoms. The number of benzene rings is 1. The zero-order valence-corrected chi connectivity index (χ0v) is 13.8. The molecule has 0 spiro atoms. The van der Waals surface area contributed by atoms with E-state index in [4.69, 9.17) is 4.74 Å². The van der Waals surface area contributed by atoms with Gasteiger partial charge in [0.25, 0.3) is 14.1 Å². The zero-order chi connectivity index (χ0) is 13.6. The molecule has 1 aromatic carbocycles. The molecule has 0 aromatic heterocycles. The van der Waals surface area contributed by atoms with Crippen LogP contribution in [0.4, 0.5) is 0 Å². The number of hydrogen-bond donors (Lipinski definition) is 0. The summed E-state index contributed by atoms with van der Waals surface area (Å²) >= 11 is -0.234. The highest BCUT2D eigenvalue weighted by atomic mass is 27.2. The van der Waals surface area contributed by atoms with Gasteiger partial charge in [-0.05, 0) is 12.1 Å². The lowest BCUT2D eigenvalue weighted by atomic mass is 10.3. The van der Waals surface area contributed by atoms with E-state index < -0.39 is 0 Å². The van der Waals surface area contributed by atoms with Gasteiger partial charge < -0.3 is 4.74 Å². The Morgan fingerprint density at radius 1 is 0.833 bits per heavy atom. The summed E-state index contributed by atoms with van der Waals surface area (Å²) in [5, 5.41) is 4.76. The van der Waals surface area contributed by atoms with Crippen LogP contribution in [0.15, 0.2) is 30.3 Å². The number of methoxy groups -OCH3 is 1. The van der Waals surface area contributed by atoms with Crippen molar-refractivity contribution in [2.75, 3.05) is 7.11 Å². The predicted molar refractivity (Wildman–Crippen MR) is 84.0 cm³/mol. The van der Waals surface area contributed by atoms with Gasteiger partial charge in [-0.1, -0.05) is 74.1 Å². The van der Waals surface area contributed by atoms with Gasteiger partial charge in [-0.15, -0.1) is 0 Å². The minimum Gasteiger partial charge on any atom is -0.497 e. The van der Waals surface area contributed by atoms with Crippen molar-refractivity contribution < 1.29 is 4.74 Å². The number of ether oxygens (including phenoxy) is 1. The molecule has 0 bridgehead atoms. The van der Waals surface area contributed by atoms with Gasteiger partial charge in [0.1, 0.15) is 5.75 Å². The molecule has 0 unspecified atom stereocenters. The third kappa shape index (κ3) is 9.57. The van der Waals surface area contributed by atoms with E-state index >= 15 is 0 Å². The quantitative estimate of drug-likeness (QED) is 0.599. The summed E-state index contributed by atoms with van der Waals surface area (Å²) < 4.78 is 4.91. The van der Waals surface area contributed by atoms with E-state index in [2.05, 4.69) is 20.8 Å². The van der Waals surface area contributed by atoms with Crippen molar-refractivity contribution in [3.05, 3.63) is 30.3 Å². The summed E-state index contributed by atoms with van der Waals surface area (Å²) in [5.41, 5.74) is 0. The lowest BCUT2D eigenvalue weighted by molar-refractivity contribution is 0.415. The Balaban J connectivity index is 0.000000327. The first kappa shape index (κ1) is 17.6. The minimum absolute atomic E-state index is 0.234. The van der Waals surface area contributed by atoms with Gasteiger partial charge >= 0.3 is 0 Å². The second-order valence-corrected chi connectivity index (χ2v) is 8.21. The van der Waals surface area contributed by atoms with E-state index in [1.807, 2.05) is 30.3 Å². The number of hydrogen-bond acceptors (Lipinski definition) is 1. The Bertz CT molecular complexity index is 247. The van der Waals surface area contributed by atoms with Crippen molar-refractivity contribution in [3.63, 3.8) is 0 Å². The first-order valence-corrected chi connectivity index (χ1v) is 9.82. The van der Waals surface area contributed by atoms with Crippen molar-refractivity contribution in [3.8, 4) is 5.75 Å². The molecule has 18 heavy (non-hydrogen) atoms. The molecule has 0 saturated heterocycles. The zero-order valence-electron chi connectivity index (χ0n) is 12.6. The molecule has 0 aliphatic rings. The second-order valence-electron chi connectivity index (χ2n) is 4.75. The Hall–Kier alpha value is -0.448. The second kappa shape index (κ2) is 13.0. The molecule has 1 nitrogen and oxygen atoms in total. The van der Waals surface area contributed by atoms with Crippen LogP contribution in [0.2, 0.25) is 15.8 Å². The average Bonchev–Trinajstić information content (AvgIpc) is 2.41. The first-order valence-electron chi connectivity index (χ1n) is 7.37. The molecular weight excluding hydrogens is 235 g/mol. The molecule has 0 N–H and O–H groups in total. The molecule has 0 aliphatic heterocycles. The van der Waals surface area contributed by atoms with Crippen molar-refractivity contribution in [1.82, 2.24) is 0 Å². The van der Waals surface area contributed by atoms with Gasteiger partial charge in [0.15, 0.2) is 0 Å². The fraction of sp³-hybridized carbons (Fsp3) is 0.625. The highest BCUT2D eigenvalue weighted by Gasteiger charge is 2.11. The lowest BCUT2D eigenvalue weighted by Gasteiger charge is -2.06. The van der Waals surface area contributed by atoms with Crippen LogP contribution in [0.1, 0.15) is 40.0 Å². The third-order valence-electron chi connectivity index (χ3n) is 3.07. The van der Waals surface area contributed by atoms with Gasteiger partial charge in [-0.2, -0.15) is 0 Å². The SMILES string of the molecule is CC[CH2][Al]([CH2]CC)[CH2]CC.COc1ccccc1. The van der Waals surface area contributed by atoms with E-state index in [-0.39, 0.29) is 14.1 Å². The molecule has 1 aromatic rings. The van der Waals surface area contributed by atoms with Crippen LogP contribution in [0.5, 0.6) is 5.75 Å². The standard InChI is InChI=1S/C7H8O.3C3H7.Al/c1-8-7-5-3-2-4-6-7;3*1-3-2;/h2-6H,1H3;3*1,3H2,2H3;. The van der Waals surface area contributed by atoms with E-state index in [1.165, 1.54) is 19.3 Å². The normalized spacial score (nSPS) is 9.33. The first-order chi connectivity index (χ1) is 8.78. The highest BCUT2D eigenvalue weighted by Crippen LogP contribution is 2.11. The minimum atomic E-state index is -0.234. The van der Waals surface area contributed by atoms with Crippen LogP contribution in [0, 0.1) is 0 Å². The fourth-order valence-electron chi connectivity index (χ4n) is 2.21. The van der Waals surface area contributed by atoms with Gasteiger partial charge in [0.05, 0.1) is 7.11 Å². The topological polar surface area (TPSA) is 9.23 Å². The molecule has 0 atom stereocenters. The summed E-state index contributed by atoms with van der Waals surface area (Å²) in [7, 11) is 1.66.